The fraction of sp³-hybridized carbons (Fsp3) is 0.167. The number of alkyl halides is 2. The summed E-state index contributed by atoms with van der Waals surface area (Å²) in [6.07, 6.45) is -2.92. The first kappa shape index (κ1) is 12.8. The number of halogens is 4. The van der Waals surface area contributed by atoms with Crippen molar-refractivity contribution in [1.29, 1.82) is 0 Å². The molecule has 0 atom stereocenters. The maximum Gasteiger partial charge on any atom is 0.280 e. The number of hydrogen-bond donors (Lipinski definition) is 1. The third-order valence-electron chi connectivity index (χ3n) is 1.43. The van der Waals surface area contributed by atoms with Crippen molar-refractivity contribution >= 4 is 37.6 Å². The van der Waals surface area contributed by atoms with Crippen molar-refractivity contribution in [2.75, 3.05) is 0 Å². The molecule has 0 aliphatic carbocycles. The van der Waals surface area contributed by atoms with Gasteiger partial charge in [0.1, 0.15) is 15.7 Å². The van der Waals surface area contributed by atoms with Crippen LogP contribution in [0.15, 0.2) is 15.4 Å². The molecule has 84 valence electrons. The molecule has 9 heteroatoms. The van der Waals surface area contributed by atoms with Gasteiger partial charge in [0, 0.05) is 0 Å². The molecular weight excluding hydrogens is 317 g/mol. The van der Waals surface area contributed by atoms with Crippen LogP contribution in [0.4, 0.5) is 8.78 Å². The van der Waals surface area contributed by atoms with E-state index in [9.17, 15) is 17.2 Å². The Hall–Kier alpha value is -0.310. The quantitative estimate of drug-likeness (QED) is 0.848. The molecule has 0 aliphatic heterocycles. The first-order valence-corrected chi connectivity index (χ1v) is 6.12. The summed E-state index contributed by atoms with van der Waals surface area (Å²) >= 11 is 8.26. The van der Waals surface area contributed by atoms with Gasteiger partial charge in [0.15, 0.2) is 0 Å². The molecule has 4 nitrogen and oxygen atoms in total. The van der Waals surface area contributed by atoms with E-state index in [2.05, 4.69) is 20.9 Å². The third kappa shape index (κ3) is 2.83. The van der Waals surface area contributed by atoms with Crippen molar-refractivity contribution in [2.24, 2.45) is 5.14 Å². The number of sulfonamides is 1. The molecule has 0 aromatic carbocycles. The number of primary sulfonamides is 1. The Morgan fingerprint density at radius 1 is 1.53 bits per heavy atom. The van der Waals surface area contributed by atoms with Crippen molar-refractivity contribution in [3.05, 3.63) is 21.4 Å². The normalized spacial score (nSPS) is 12.1. The molecule has 1 heterocycles. The lowest BCUT2D eigenvalue weighted by Crippen LogP contribution is -2.14. The maximum absolute atomic E-state index is 12.3. The van der Waals surface area contributed by atoms with Crippen LogP contribution in [-0.2, 0) is 10.0 Å². The standard InChI is InChI=1S/C6H4BrClF2N2O2S/c7-4-3(15(11,13)14)1-2(6(9)10)12-5(4)8/h1,6H,(H2,11,13,14). The Morgan fingerprint density at radius 2 is 2.07 bits per heavy atom. The van der Waals surface area contributed by atoms with Crippen molar-refractivity contribution < 1.29 is 17.2 Å². The Bertz CT molecular complexity index is 494. The third-order valence-corrected chi connectivity index (χ3v) is 3.94. The maximum atomic E-state index is 12.3. The van der Waals surface area contributed by atoms with Gasteiger partial charge >= 0.3 is 0 Å². The minimum Gasteiger partial charge on any atom is -0.234 e. The molecule has 0 spiro atoms. The van der Waals surface area contributed by atoms with E-state index in [0.717, 1.165) is 0 Å². The molecule has 0 saturated heterocycles. The number of rotatable bonds is 2. The van der Waals surface area contributed by atoms with Crippen LogP contribution in [0.5, 0.6) is 0 Å². The summed E-state index contributed by atoms with van der Waals surface area (Å²) in [5, 5.41) is 4.43. The van der Waals surface area contributed by atoms with Gasteiger partial charge in [-0.1, -0.05) is 11.6 Å². The highest BCUT2D eigenvalue weighted by Gasteiger charge is 2.21. The van der Waals surface area contributed by atoms with Crippen LogP contribution in [0.2, 0.25) is 5.15 Å². The Labute approximate surface area is 97.6 Å². The highest BCUT2D eigenvalue weighted by atomic mass is 79.9. The minimum absolute atomic E-state index is 0.129. The molecule has 15 heavy (non-hydrogen) atoms. The lowest BCUT2D eigenvalue weighted by atomic mass is 10.4. The smallest absolute Gasteiger partial charge is 0.234 e. The van der Waals surface area contributed by atoms with E-state index in [0.29, 0.717) is 6.07 Å². The van der Waals surface area contributed by atoms with E-state index >= 15 is 0 Å². The molecule has 1 rings (SSSR count). The molecule has 0 unspecified atom stereocenters. The molecule has 1 aromatic heterocycles. The molecule has 0 amide bonds. The first-order chi connectivity index (χ1) is 6.73. The molecule has 1 aromatic rings. The highest BCUT2D eigenvalue weighted by Crippen LogP contribution is 2.31. The number of nitrogens with two attached hydrogens (primary N) is 1. The SMILES string of the molecule is NS(=O)(=O)c1cc(C(F)F)nc(Cl)c1Br. The van der Waals surface area contributed by atoms with Crippen LogP contribution in [-0.4, -0.2) is 13.4 Å². The number of pyridine rings is 1. The van der Waals surface area contributed by atoms with Gasteiger partial charge in [-0.25, -0.2) is 27.3 Å². The van der Waals surface area contributed by atoms with Gasteiger partial charge in [-0.05, 0) is 22.0 Å². The topological polar surface area (TPSA) is 73.1 Å². The first-order valence-electron chi connectivity index (χ1n) is 3.40. The van der Waals surface area contributed by atoms with Gasteiger partial charge in [0.2, 0.25) is 10.0 Å². The summed E-state index contributed by atoms with van der Waals surface area (Å²) in [6, 6.07) is 0.677. The summed E-state index contributed by atoms with van der Waals surface area (Å²) in [7, 11) is -4.12. The second-order valence-electron chi connectivity index (χ2n) is 2.50. The van der Waals surface area contributed by atoms with Crippen molar-refractivity contribution in [1.82, 2.24) is 4.98 Å². The monoisotopic (exact) mass is 320 g/mol. The van der Waals surface area contributed by atoms with Crippen LogP contribution in [0, 0.1) is 0 Å². The zero-order valence-electron chi connectivity index (χ0n) is 6.92. The number of nitrogens with zero attached hydrogens (tertiary/aromatic N) is 1. The number of hydrogen-bond acceptors (Lipinski definition) is 3. The van der Waals surface area contributed by atoms with Crippen LogP contribution in [0.1, 0.15) is 12.1 Å². The van der Waals surface area contributed by atoms with E-state index in [-0.39, 0.29) is 9.63 Å². The van der Waals surface area contributed by atoms with E-state index in [4.69, 9.17) is 16.7 Å². The van der Waals surface area contributed by atoms with Crippen molar-refractivity contribution in [2.45, 2.75) is 11.3 Å². The van der Waals surface area contributed by atoms with Crippen LogP contribution >= 0.6 is 27.5 Å². The van der Waals surface area contributed by atoms with Crippen LogP contribution in [0.25, 0.3) is 0 Å². The van der Waals surface area contributed by atoms with Crippen LogP contribution in [0.3, 0.4) is 0 Å². The summed E-state index contributed by atoms with van der Waals surface area (Å²) in [6.45, 7) is 0. The summed E-state index contributed by atoms with van der Waals surface area (Å²) < 4.78 is 46.4. The van der Waals surface area contributed by atoms with E-state index in [1.807, 2.05) is 0 Å². The molecular formula is C6H4BrClF2N2O2S. The Kier molecular flexibility index (Phi) is 3.64. The average molecular weight is 322 g/mol. The zero-order valence-corrected chi connectivity index (χ0v) is 10.1. The predicted molar refractivity (Wildman–Crippen MR) is 53.3 cm³/mol. The lowest BCUT2D eigenvalue weighted by molar-refractivity contribution is 0.145. The second-order valence-corrected chi connectivity index (χ2v) is 5.18. The molecule has 0 radical (unpaired) electrons. The fourth-order valence-corrected chi connectivity index (χ4v) is 2.58. The number of aromatic nitrogens is 1. The Morgan fingerprint density at radius 3 is 2.47 bits per heavy atom. The average Bonchev–Trinajstić information content (AvgIpc) is 2.06. The van der Waals surface area contributed by atoms with Gasteiger partial charge in [-0.2, -0.15) is 0 Å². The summed E-state index contributed by atoms with van der Waals surface area (Å²) in [5.74, 6) is 0. The second kappa shape index (κ2) is 4.28. The van der Waals surface area contributed by atoms with E-state index in [1.165, 1.54) is 0 Å². The van der Waals surface area contributed by atoms with Gasteiger partial charge in [0.25, 0.3) is 6.43 Å². The fourth-order valence-electron chi connectivity index (χ4n) is 0.813. The minimum atomic E-state index is -4.12. The van der Waals surface area contributed by atoms with E-state index < -0.39 is 27.0 Å². The zero-order chi connectivity index (χ0) is 11.8. The van der Waals surface area contributed by atoms with Gasteiger partial charge in [-0.3, -0.25) is 0 Å². The summed E-state index contributed by atoms with van der Waals surface area (Å²) in [4.78, 5) is 2.78. The van der Waals surface area contributed by atoms with Gasteiger partial charge in [0.05, 0.1) is 4.47 Å². The van der Waals surface area contributed by atoms with Crippen molar-refractivity contribution in [3.8, 4) is 0 Å². The molecule has 0 saturated carbocycles. The Balaban J connectivity index is 3.52. The predicted octanol–water partition coefficient (Wildman–Crippen LogP) is 2.08. The van der Waals surface area contributed by atoms with Gasteiger partial charge < -0.3 is 0 Å². The molecule has 0 fully saturated rings. The largest absolute Gasteiger partial charge is 0.280 e. The summed E-state index contributed by atoms with van der Waals surface area (Å²) in [5.41, 5.74) is -0.743. The lowest BCUT2D eigenvalue weighted by Gasteiger charge is -2.06. The van der Waals surface area contributed by atoms with Gasteiger partial charge in [-0.15, -0.1) is 0 Å². The molecule has 0 bridgehead atoms. The van der Waals surface area contributed by atoms with Crippen LogP contribution < -0.4 is 5.14 Å². The highest BCUT2D eigenvalue weighted by molar-refractivity contribution is 9.10. The molecule has 2 N–H and O–H groups in total. The van der Waals surface area contributed by atoms with Crippen molar-refractivity contribution in [3.63, 3.8) is 0 Å². The van der Waals surface area contributed by atoms with E-state index in [1.54, 1.807) is 0 Å². The molecule has 0 aliphatic rings.